The molecule has 0 saturated carbocycles. The summed E-state index contributed by atoms with van der Waals surface area (Å²) >= 11 is 3.25. The molecule has 0 saturated heterocycles. The smallest absolute Gasteiger partial charge is 0.255 e. The minimum Gasteiger partial charge on any atom is -0.503 e. The molecule has 0 fully saturated rings. The van der Waals surface area contributed by atoms with Crippen molar-refractivity contribution in [1.29, 1.82) is 0 Å². The number of halogens is 1. The number of nitrogens with zero attached hydrogens (tertiary/aromatic N) is 2. The van der Waals surface area contributed by atoms with Crippen LogP contribution in [0.1, 0.15) is 23.7 Å². The zero-order valence-electron chi connectivity index (χ0n) is 13.8. The molecular formula is C16H19BrN4O4. The Morgan fingerprint density at radius 1 is 1.48 bits per heavy atom. The fourth-order valence-corrected chi connectivity index (χ4v) is 2.63. The van der Waals surface area contributed by atoms with Crippen molar-refractivity contribution < 1.29 is 14.9 Å². The van der Waals surface area contributed by atoms with Crippen LogP contribution in [-0.2, 0) is 6.42 Å². The van der Waals surface area contributed by atoms with Crippen molar-refractivity contribution in [1.82, 2.24) is 9.97 Å². The number of phenols is 1. The van der Waals surface area contributed by atoms with Gasteiger partial charge in [-0.2, -0.15) is 5.10 Å². The van der Waals surface area contributed by atoms with Gasteiger partial charge in [0, 0.05) is 18.6 Å². The molecule has 0 amide bonds. The number of rotatable bonds is 7. The summed E-state index contributed by atoms with van der Waals surface area (Å²) in [6, 6.07) is 3.31. The highest BCUT2D eigenvalue weighted by Crippen LogP contribution is 2.35. The Balaban J connectivity index is 2.17. The molecule has 1 aromatic heterocycles. The molecule has 0 aliphatic rings. The number of hydrazone groups is 1. The average molecular weight is 411 g/mol. The van der Waals surface area contributed by atoms with Crippen molar-refractivity contribution in [2.24, 2.45) is 5.10 Å². The summed E-state index contributed by atoms with van der Waals surface area (Å²) < 4.78 is 5.83. The molecule has 9 heteroatoms. The first-order chi connectivity index (χ1) is 12.0. The molecule has 0 unspecified atom stereocenters. The van der Waals surface area contributed by atoms with Gasteiger partial charge in [0.05, 0.1) is 23.0 Å². The summed E-state index contributed by atoms with van der Waals surface area (Å²) in [5, 5.41) is 22.9. The molecule has 25 heavy (non-hydrogen) atoms. The van der Waals surface area contributed by atoms with Crippen LogP contribution in [0.3, 0.4) is 0 Å². The van der Waals surface area contributed by atoms with Crippen LogP contribution < -0.4 is 15.7 Å². The zero-order valence-corrected chi connectivity index (χ0v) is 15.4. The second-order valence-electron chi connectivity index (χ2n) is 5.10. The summed E-state index contributed by atoms with van der Waals surface area (Å²) in [5.41, 5.74) is 3.99. The zero-order chi connectivity index (χ0) is 18.4. The summed E-state index contributed by atoms with van der Waals surface area (Å²) in [6.07, 6.45) is 1.75. The summed E-state index contributed by atoms with van der Waals surface area (Å²) in [6.45, 7) is 3.82. The lowest BCUT2D eigenvalue weighted by Crippen LogP contribution is -2.19. The highest BCUT2D eigenvalue weighted by atomic mass is 79.9. The van der Waals surface area contributed by atoms with Gasteiger partial charge in [-0.15, -0.1) is 0 Å². The van der Waals surface area contributed by atoms with E-state index in [2.05, 4.69) is 36.4 Å². The molecular weight excluding hydrogens is 392 g/mol. The van der Waals surface area contributed by atoms with Gasteiger partial charge in [-0.1, -0.05) is 0 Å². The molecule has 0 spiro atoms. The van der Waals surface area contributed by atoms with E-state index in [9.17, 15) is 9.90 Å². The minimum atomic E-state index is -0.315. The number of nitrogens with one attached hydrogen (secondary N) is 2. The number of hydrogen-bond donors (Lipinski definition) is 4. The first-order valence-corrected chi connectivity index (χ1v) is 8.40. The number of H-pyrrole nitrogens is 1. The standard InChI is InChI=1S/C16H19BrN4O4/c1-3-25-13-7-10(6-12(17)14(13)23)8-18-21-16-19-9(2)11(4-5-22)15(24)20-16/h6-8,22-23H,3-5H2,1-2H3,(H2,19,20,21,24)/b18-8-. The monoisotopic (exact) mass is 410 g/mol. The van der Waals surface area contributed by atoms with Crippen molar-refractivity contribution in [2.45, 2.75) is 20.3 Å². The summed E-state index contributed by atoms with van der Waals surface area (Å²) in [5.74, 6) is 0.561. The molecule has 0 aliphatic heterocycles. The topological polar surface area (TPSA) is 120 Å². The first kappa shape index (κ1) is 18.9. The lowest BCUT2D eigenvalue weighted by molar-refractivity contribution is 0.298. The van der Waals surface area contributed by atoms with Crippen LogP contribution in [0.4, 0.5) is 5.95 Å². The van der Waals surface area contributed by atoms with E-state index in [-0.39, 0.29) is 30.3 Å². The largest absolute Gasteiger partial charge is 0.503 e. The lowest BCUT2D eigenvalue weighted by atomic mass is 10.2. The Morgan fingerprint density at radius 2 is 2.24 bits per heavy atom. The highest BCUT2D eigenvalue weighted by molar-refractivity contribution is 9.10. The van der Waals surface area contributed by atoms with Gasteiger partial charge in [-0.05, 0) is 47.5 Å². The maximum atomic E-state index is 11.9. The van der Waals surface area contributed by atoms with Crippen molar-refractivity contribution in [3.05, 3.63) is 43.8 Å². The molecule has 2 aromatic rings. The molecule has 0 aliphatic carbocycles. The van der Waals surface area contributed by atoms with Gasteiger partial charge in [0.15, 0.2) is 11.5 Å². The normalized spacial score (nSPS) is 11.0. The average Bonchev–Trinajstić information content (AvgIpc) is 2.56. The van der Waals surface area contributed by atoms with Gasteiger partial charge in [0.2, 0.25) is 5.95 Å². The minimum absolute atomic E-state index is 0.0213. The molecule has 8 nitrogen and oxygen atoms in total. The van der Waals surface area contributed by atoms with Crippen molar-refractivity contribution >= 4 is 28.1 Å². The quantitative estimate of drug-likeness (QED) is 0.408. The van der Waals surface area contributed by atoms with E-state index in [4.69, 9.17) is 9.84 Å². The van der Waals surface area contributed by atoms with E-state index >= 15 is 0 Å². The van der Waals surface area contributed by atoms with Crippen molar-refractivity contribution in [3.63, 3.8) is 0 Å². The third kappa shape index (κ3) is 4.80. The van der Waals surface area contributed by atoms with E-state index in [1.165, 1.54) is 6.21 Å². The second-order valence-corrected chi connectivity index (χ2v) is 5.96. The number of ether oxygens (including phenoxy) is 1. The van der Waals surface area contributed by atoms with E-state index < -0.39 is 0 Å². The van der Waals surface area contributed by atoms with Crippen LogP contribution in [0.2, 0.25) is 0 Å². The van der Waals surface area contributed by atoms with E-state index in [1.54, 1.807) is 19.1 Å². The predicted molar refractivity (Wildman–Crippen MR) is 98.6 cm³/mol. The fraction of sp³-hybridized carbons (Fsp3) is 0.312. The van der Waals surface area contributed by atoms with Crippen LogP contribution in [0.15, 0.2) is 26.5 Å². The number of aromatic nitrogens is 2. The predicted octanol–water partition coefficient (Wildman–Crippen LogP) is 1.93. The SMILES string of the molecule is CCOc1cc(/C=N\Nc2nc(C)c(CCO)c(=O)[nH]2)cc(Br)c1O. The Bertz CT molecular complexity index is 836. The molecule has 134 valence electrons. The Labute approximate surface area is 152 Å². The maximum Gasteiger partial charge on any atom is 0.255 e. The summed E-state index contributed by atoms with van der Waals surface area (Å²) in [7, 11) is 0. The van der Waals surface area contributed by atoms with Gasteiger partial charge >= 0.3 is 0 Å². The maximum absolute atomic E-state index is 11.9. The Kier molecular flexibility index (Phi) is 6.54. The van der Waals surface area contributed by atoms with Crippen LogP contribution in [0.25, 0.3) is 0 Å². The lowest BCUT2D eigenvalue weighted by Gasteiger charge is -2.08. The Hall–Kier alpha value is -2.39. The third-order valence-corrected chi connectivity index (χ3v) is 3.92. The molecule has 0 radical (unpaired) electrons. The van der Waals surface area contributed by atoms with Gasteiger partial charge < -0.3 is 14.9 Å². The molecule has 1 aromatic carbocycles. The number of anilines is 1. The molecule has 0 bridgehead atoms. The number of aliphatic hydroxyl groups is 1. The molecule has 2 rings (SSSR count). The number of aryl methyl sites for hydroxylation is 1. The van der Waals surface area contributed by atoms with Gasteiger partial charge in [-0.25, -0.2) is 10.4 Å². The number of hydrogen-bond acceptors (Lipinski definition) is 7. The number of aromatic hydroxyl groups is 1. The van der Waals surface area contributed by atoms with Crippen LogP contribution in [-0.4, -0.2) is 39.6 Å². The molecule has 1 heterocycles. The fourth-order valence-electron chi connectivity index (χ4n) is 2.17. The highest BCUT2D eigenvalue weighted by Gasteiger charge is 2.09. The van der Waals surface area contributed by atoms with Crippen molar-refractivity contribution in [2.75, 3.05) is 18.6 Å². The summed E-state index contributed by atoms with van der Waals surface area (Å²) in [4.78, 5) is 18.7. The first-order valence-electron chi connectivity index (χ1n) is 7.61. The second kappa shape index (κ2) is 8.63. The van der Waals surface area contributed by atoms with Gasteiger partial charge in [0.25, 0.3) is 5.56 Å². The number of aliphatic hydroxyl groups excluding tert-OH is 1. The van der Waals surface area contributed by atoms with Gasteiger partial charge in [-0.3, -0.25) is 9.78 Å². The third-order valence-electron chi connectivity index (χ3n) is 3.32. The van der Waals surface area contributed by atoms with Crippen LogP contribution >= 0.6 is 15.9 Å². The van der Waals surface area contributed by atoms with E-state index in [0.717, 1.165) is 0 Å². The molecule has 4 N–H and O–H groups in total. The van der Waals surface area contributed by atoms with Crippen LogP contribution in [0, 0.1) is 6.92 Å². The Morgan fingerprint density at radius 3 is 2.88 bits per heavy atom. The number of benzene rings is 1. The van der Waals surface area contributed by atoms with Crippen LogP contribution in [0.5, 0.6) is 11.5 Å². The molecule has 0 atom stereocenters. The van der Waals surface area contributed by atoms with Crippen molar-refractivity contribution in [3.8, 4) is 11.5 Å². The number of phenolic OH excluding ortho intramolecular Hbond substituents is 1. The van der Waals surface area contributed by atoms with E-state index in [1.807, 2.05) is 6.92 Å². The number of aromatic amines is 1. The van der Waals surface area contributed by atoms with Gasteiger partial charge in [0.1, 0.15) is 0 Å². The van der Waals surface area contributed by atoms with E-state index in [0.29, 0.717) is 33.6 Å².